The van der Waals surface area contributed by atoms with E-state index in [1.165, 1.54) is 0 Å². The van der Waals surface area contributed by atoms with Gasteiger partial charge in [0, 0.05) is 5.69 Å². The number of carbonyl (C=O) groups is 1. The summed E-state index contributed by atoms with van der Waals surface area (Å²) in [6, 6.07) is 14.3. The van der Waals surface area contributed by atoms with Gasteiger partial charge in [0.2, 0.25) is 5.91 Å². The van der Waals surface area contributed by atoms with Crippen LogP contribution in [0.3, 0.4) is 0 Å². The van der Waals surface area contributed by atoms with Gasteiger partial charge in [0.05, 0.1) is 10.8 Å². The molecule has 2 N–H and O–H groups in total. The number of nitrogens with zero attached hydrogens (tertiary/aromatic N) is 2. The lowest BCUT2D eigenvalue weighted by atomic mass is 10.2. The van der Waals surface area contributed by atoms with E-state index in [2.05, 4.69) is 15.5 Å². The molecule has 3 rings (SSSR count). The molecule has 0 aliphatic carbocycles. The fourth-order valence-electron chi connectivity index (χ4n) is 2.11. The van der Waals surface area contributed by atoms with E-state index in [0.29, 0.717) is 5.56 Å². The summed E-state index contributed by atoms with van der Waals surface area (Å²) in [7, 11) is 0. The number of nitrogens with one attached hydrogen (secondary N) is 1. The number of rotatable bonds is 5. The predicted molar refractivity (Wildman–Crippen MR) is 96.5 cm³/mol. The van der Waals surface area contributed by atoms with E-state index < -0.39 is 5.25 Å². The molecule has 0 fully saturated rings. The standard InChI is InChI=1S/C18H17N3O3S/c1-11-7-9-13(10-8-11)19-16(23)12(2)25-18-21-20-17(24-18)14-5-3-4-6-15(14)22/h3-10,12,22H,1-2H3,(H,19,23)/t12-/m1/s1. The maximum absolute atomic E-state index is 12.3. The maximum atomic E-state index is 12.3. The van der Waals surface area contributed by atoms with Gasteiger partial charge in [0.25, 0.3) is 11.1 Å². The van der Waals surface area contributed by atoms with E-state index >= 15 is 0 Å². The minimum Gasteiger partial charge on any atom is -0.507 e. The topological polar surface area (TPSA) is 88.2 Å². The summed E-state index contributed by atoms with van der Waals surface area (Å²) < 4.78 is 5.54. The number of hydrogen-bond acceptors (Lipinski definition) is 6. The molecule has 1 heterocycles. The number of thioether (sulfide) groups is 1. The number of aryl methyl sites for hydroxylation is 1. The van der Waals surface area contributed by atoms with Crippen LogP contribution in [0.15, 0.2) is 58.2 Å². The van der Waals surface area contributed by atoms with Crippen LogP contribution in [0, 0.1) is 6.92 Å². The zero-order valence-corrected chi connectivity index (χ0v) is 14.6. The first-order chi connectivity index (χ1) is 12.0. The second kappa shape index (κ2) is 7.40. The second-order valence-corrected chi connectivity index (χ2v) is 6.80. The molecule has 6 nitrogen and oxygen atoms in total. The minimum atomic E-state index is -0.418. The van der Waals surface area contributed by atoms with Crippen LogP contribution in [-0.4, -0.2) is 26.5 Å². The number of aromatic hydroxyl groups is 1. The van der Waals surface area contributed by atoms with Crippen LogP contribution >= 0.6 is 11.8 Å². The van der Waals surface area contributed by atoms with Gasteiger partial charge in [-0.2, -0.15) is 0 Å². The fourth-order valence-corrected chi connectivity index (χ4v) is 2.79. The van der Waals surface area contributed by atoms with Crippen LogP contribution in [0.5, 0.6) is 5.75 Å². The third-order valence-electron chi connectivity index (χ3n) is 3.51. The fraction of sp³-hybridized carbons (Fsp3) is 0.167. The maximum Gasteiger partial charge on any atom is 0.277 e. The van der Waals surface area contributed by atoms with Crippen molar-refractivity contribution in [2.24, 2.45) is 0 Å². The molecule has 0 aliphatic rings. The smallest absolute Gasteiger partial charge is 0.277 e. The molecular weight excluding hydrogens is 338 g/mol. The van der Waals surface area contributed by atoms with Crippen LogP contribution in [-0.2, 0) is 4.79 Å². The zero-order chi connectivity index (χ0) is 17.8. The Morgan fingerprint density at radius 1 is 1.16 bits per heavy atom. The van der Waals surface area contributed by atoms with Crippen molar-refractivity contribution in [2.75, 3.05) is 5.32 Å². The third-order valence-corrected chi connectivity index (χ3v) is 4.44. The third kappa shape index (κ3) is 4.19. The van der Waals surface area contributed by atoms with Gasteiger partial charge in [-0.25, -0.2) is 0 Å². The molecule has 25 heavy (non-hydrogen) atoms. The van der Waals surface area contributed by atoms with Gasteiger partial charge in [-0.3, -0.25) is 4.79 Å². The quantitative estimate of drug-likeness (QED) is 0.676. The molecule has 1 aromatic heterocycles. The Labute approximate surface area is 149 Å². The second-order valence-electron chi connectivity index (χ2n) is 5.51. The molecular formula is C18H17N3O3S. The molecule has 3 aromatic rings. The first kappa shape index (κ1) is 17.0. The number of hydrogen-bond donors (Lipinski definition) is 2. The summed E-state index contributed by atoms with van der Waals surface area (Å²) in [4.78, 5) is 12.3. The summed E-state index contributed by atoms with van der Waals surface area (Å²) in [5.74, 6) is 0.121. The highest BCUT2D eigenvalue weighted by Gasteiger charge is 2.19. The van der Waals surface area contributed by atoms with Crippen LogP contribution in [0.25, 0.3) is 11.5 Å². The molecule has 0 bridgehead atoms. The van der Waals surface area contributed by atoms with E-state index in [1.807, 2.05) is 31.2 Å². The van der Waals surface area contributed by atoms with Crippen molar-refractivity contribution < 1.29 is 14.3 Å². The number of phenolic OH excluding ortho intramolecular Hbond substituents is 1. The Balaban J connectivity index is 1.65. The van der Waals surface area contributed by atoms with E-state index in [-0.39, 0.29) is 22.8 Å². The first-order valence-corrected chi connectivity index (χ1v) is 8.57. The molecule has 1 atom stereocenters. The van der Waals surface area contributed by atoms with Gasteiger partial charge in [-0.1, -0.05) is 41.6 Å². The average Bonchev–Trinajstić information content (AvgIpc) is 3.05. The molecule has 7 heteroatoms. The predicted octanol–water partition coefficient (Wildman–Crippen LogP) is 3.87. The largest absolute Gasteiger partial charge is 0.507 e. The molecule has 0 spiro atoms. The van der Waals surface area contributed by atoms with Gasteiger partial charge >= 0.3 is 0 Å². The highest BCUT2D eigenvalue weighted by Crippen LogP contribution is 2.31. The van der Waals surface area contributed by atoms with Crippen molar-refractivity contribution in [3.05, 3.63) is 54.1 Å². The van der Waals surface area contributed by atoms with Gasteiger partial charge < -0.3 is 14.8 Å². The summed E-state index contributed by atoms with van der Waals surface area (Å²) in [6.45, 7) is 3.75. The number of phenols is 1. The SMILES string of the molecule is Cc1ccc(NC(=O)[C@@H](C)Sc2nnc(-c3ccccc3O)o2)cc1. The lowest BCUT2D eigenvalue weighted by Gasteiger charge is -2.10. The molecule has 2 aromatic carbocycles. The van der Waals surface area contributed by atoms with E-state index in [1.54, 1.807) is 31.2 Å². The summed E-state index contributed by atoms with van der Waals surface area (Å²) in [5.41, 5.74) is 2.32. The Morgan fingerprint density at radius 2 is 1.88 bits per heavy atom. The molecule has 0 saturated carbocycles. The molecule has 1 amide bonds. The van der Waals surface area contributed by atoms with Crippen molar-refractivity contribution in [1.82, 2.24) is 10.2 Å². The van der Waals surface area contributed by atoms with Crippen molar-refractivity contribution in [3.8, 4) is 17.2 Å². The number of para-hydroxylation sites is 1. The van der Waals surface area contributed by atoms with Crippen LogP contribution < -0.4 is 5.32 Å². The molecule has 0 unspecified atom stereocenters. The van der Waals surface area contributed by atoms with Crippen molar-refractivity contribution in [1.29, 1.82) is 0 Å². The van der Waals surface area contributed by atoms with Crippen molar-refractivity contribution in [2.45, 2.75) is 24.3 Å². The van der Waals surface area contributed by atoms with E-state index in [0.717, 1.165) is 23.0 Å². The number of carbonyl (C=O) groups excluding carboxylic acids is 1. The molecule has 0 aliphatic heterocycles. The van der Waals surface area contributed by atoms with E-state index in [4.69, 9.17) is 4.42 Å². The summed E-state index contributed by atoms with van der Waals surface area (Å²) in [5, 5.41) is 20.4. The normalized spacial score (nSPS) is 11.9. The summed E-state index contributed by atoms with van der Waals surface area (Å²) >= 11 is 1.16. The van der Waals surface area contributed by atoms with Crippen LogP contribution in [0.4, 0.5) is 5.69 Å². The highest BCUT2D eigenvalue weighted by molar-refractivity contribution is 8.00. The molecule has 0 saturated heterocycles. The minimum absolute atomic E-state index is 0.0628. The van der Waals surface area contributed by atoms with Gasteiger partial charge in [-0.05, 0) is 38.1 Å². The van der Waals surface area contributed by atoms with Crippen molar-refractivity contribution in [3.63, 3.8) is 0 Å². The van der Waals surface area contributed by atoms with Gasteiger partial charge in [-0.15, -0.1) is 10.2 Å². The monoisotopic (exact) mass is 355 g/mol. The highest BCUT2D eigenvalue weighted by atomic mass is 32.2. The van der Waals surface area contributed by atoms with Crippen LogP contribution in [0.1, 0.15) is 12.5 Å². The average molecular weight is 355 g/mol. The van der Waals surface area contributed by atoms with E-state index in [9.17, 15) is 9.90 Å². The molecule has 128 valence electrons. The van der Waals surface area contributed by atoms with Crippen molar-refractivity contribution >= 4 is 23.4 Å². The Hall–Kier alpha value is -2.80. The summed E-state index contributed by atoms with van der Waals surface area (Å²) in [6.07, 6.45) is 0. The van der Waals surface area contributed by atoms with Crippen LogP contribution in [0.2, 0.25) is 0 Å². The van der Waals surface area contributed by atoms with Gasteiger partial charge in [0.15, 0.2) is 0 Å². The zero-order valence-electron chi connectivity index (χ0n) is 13.8. The first-order valence-electron chi connectivity index (χ1n) is 7.69. The number of benzene rings is 2. The Kier molecular flexibility index (Phi) is 5.04. The number of aromatic nitrogens is 2. The Bertz CT molecular complexity index is 877. The van der Waals surface area contributed by atoms with Gasteiger partial charge in [0.1, 0.15) is 5.75 Å². The molecule has 0 radical (unpaired) electrons. The lowest BCUT2D eigenvalue weighted by Crippen LogP contribution is -2.22. The number of anilines is 1. The lowest BCUT2D eigenvalue weighted by molar-refractivity contribution is -0.115. The number of amides is 1. The Morgan fingerprint density at radius 3 is 2.60 bits per heavy atom.